The molecule has 1 aliphatic rings. The second kappa shape index (κ2) is 7.63. The molecule has 2 N–H and O–H groups in total. The van der Waals surface area contributed by atoms with E-state index in [1.807, 2.05) is 42.5 Å². The van der Waals surface area contributed by atoms with Crippen molar-refractivity contribution < 1.29 is 4.74 Å². The SMILES string of the molecule is CCC1(CC)C[C@@H](NC(=S)Nc2ccc(Cl)cc2)c2ccccc2O1. The summed E-state index contributed by atoms with van der Waals surface area (Å²) in [5, 5.41) is 8.01. The molecule has 0 spiro atoms. The van der Waals surface area contributed by atoms with Gasteiger partial charge in [0, 0.05) is 22.7 Å². The Morgan fingerprint density at radius 2 is 1.84 bits per heavy atom. The van der Waals surface area contributed by atoms with E-state index in [1.165, 1.54) is 0 Å². The van der Waals surface area contributed by atoms with Crippen molar-refractivity contribution in [3.8, 4) is 5.75 Å². The minimum absolute atomic E-state index is 0.122. The Morgan fingerprint density at radius 1 is 1.16 bits per heavy atom. The van der Waals surface area contributed by atoms with Gasteiger partial charge in [-0.25, -0.2) is 0 Å². The van der Waals surface area contributed by atoms with Gasteiger partial charge in [0.05, 0.1) is 6.04 Å². The first-order chi connectivity index (χ1) is 12.0. The molecule has 2 aromatic carbocycles. The zero-order valence-electron chi connectivity index (χ0n) is 14.5. The van der Waals surface area contributed by atoms with Crippen LogP contribution < -0.4 is 15.4 Å². The number of thiocarbonyl (C=S) groups is 1. The Labute approximate surface area is 159 Å². The van der Waals surface area contributed by atoms with Crippen LogP contribution in [0.1, 0.15) is 44.7 Å². The molecule has 0 saturated heterocycles. The first kappa shape index (κ1) is 18.0. The Morgan fingerprint density at radius 3 is 2.52 bits per heavy atom. The Bertz CT molecular complexity index is 744. The second-order valence-electron chi connectivity index (χ2n) is 6.39. The van der Waals surface area contributed by atoms with E-state index in [2.05, 4.69) is 30.5 Å². The minimum atomic E-state index is -0.151. The van der Waals surface area contributed by atoms with Crippen LogP contribution in [0.2, 0.25) is 5.02 Å². The fourth-order valence-corrected chi connectivity index (χ4v) is 3.67. The topological polar surface area (TPSA) is 33.3 Å². The number of nitrogens with one attached hydrogen (secondary N) is 2. The third-order valence-electron chi connectivity index (χ3n) is 4.89. The molecule has 3 rings (SSSR count). The number of anilines is 1. The molecule has 132 valence electrons. The van der Waals surface area contributed by atoms with Gasteiger partial charge < -0.3 is 15.4 Å². The monoisotopic (exact) mass is 374 g/mol. The third kappa shape index (κ3) is 4.07. The lowest BCUT2D eigenvalue weighted by atomic mass is 9.83. The molecule has 25 heavy (non-hydrogen) atoms. The summed E-state index contributed by atoms with van der Waals surface area (Å²) in [6.45, 7) is 4.36. The number of halogens is 1. The van der Waals surface area contributed by atoms with Gasteiger partial charge in [0.1, 0.15) is 11.4 Å². The van der Waals surface area contributed by atoms with Crippen molar-refractivity contribution in [3.63, 3.8) is 0 Å². The van der Waals surface area contributed by atoms with Gasteiger partial charge in [-0.2, -0.15) is 0 Å². The average Bonchev–Trinajstić information content (AvgIpc) is 2.63. The standard InChI is InChI=1S/C20H23ClN2OS/c1-3-20(4-2)13-17(16-7-5-6-8-18(16)24-20)23-19(25)22-15-11-9-14(21)10-12-15/h5-12,17H,3-4,13H2,1-2H3,(H2,22,23,25)/t17-/m1/s1. The van der Waals surface area contributed by atoms with Crippen LogP contribution in [0.3, 0.4) is 0 Å². The molecular weight excluding hydrogens is 352 g/mol. The quantitative estimate of drug-likeness (QED) is 0.671. The normalized spacial score (nSPS) is 18.0. The van der Waals surface area contributed by atoms with Crippen molar-refractivity contribution in [1.82, 2.24) is 5.32 Å². The maximum atomic E-state index is 6.34. The number of fused-ring (bicyclic) bond motifs is 1. The maximum Gasteiger partial charge on any atom is 0.171 e. The lowest BCUT2D eigenvalue weighted by Crippen LogP contribution is -2.45. The highest BCUT2D eigenvalue weighted by molar-refractivity contribution is 7.80. The average molecular weight is 375 g/mol. The molecule has 2 aromatic rings. The highest BCUT2D eigenvalue weighted by atomic mass is 35.5. The lowest BCUT2D eigenvalue weighted by Gasteiger charge is -2.42. The van der Waals surface area contributed by atoms with Crippen LogP contribution in [-0.4, -0.2) is 10.7 Å². The van der Waals surface area contributed by atoms with Crippen molar-refractivity contribution in [2.24, 2.45) is 0 Å². The van der Waals surface area contributed by atoms with Crippen LogP contribution in [0.15, 0.2) is 48.5 Å². The van der Waals surface area contributed by atoms with Crippen LogP contribution in [-0.2, 0) is 0 Å². The summed E-state index contributed by atoms with van der Waals surface area (Å²) in [5.41, 5.74) is 1.92. The molecule has 0 aliphatic carbocycles. The summed E-state index contributed by atoms with van der Waals surface area (Å²) in [6, 6.07) is 15.8. The molecule has 1 aliphatic heterocycles. The van der Waals surface area contributed by atoms with Gasteiger partial charge >= 0.3 is 0 Å². The van der Waals surface area contributed by atoms with Crippen molar-refractivity contribution in [1.29, 1.82) is 0 Å². The van der Waals surface area contributed by atoms with E-state index >= 15 is 0 Å². The summed E-state index contributed by atoms with van der Waals surface area (Å²) in [4.78, 5) is 0. The van der Waals surface area contributed by atoms with Gasteiger partial charge in [-0.1, -0.05) is 43.6 Å². The largest absolute Gasteiger partial charge is 0.487 e. The van der Waals surface area contributed by atoms with Crippen molar-refractivity contribution in [2.45, 2.75) is 44.8 Å². The van der Waals surface area contributed by atoms with Gasteiger partial charge in [0.15, 0.2) is 5.11 Å². The van der Waals surface area contributed by atoms with E-state index in [0.29, 0.717) is 10.1 Å². The zero-order valence-corrected chi connectivity index (χ0v) is 16.1. The van der Waals surface area contributed by atoms with E-state index in [-0.39, 0.29) is 11.6 Å². The maximum absolute atomic E-state index is 6.34. The van der Waals surface area contributed by atoms with Crippen LogP contribution >= 0.6 is 23.8 Å². The van der Waals surface area contributed by atoms with Crippen LogP contribution in [0, 0.1) is 0 Å². The second-order valence-corrected chi connectivity index (χ2v) is 7.24. The molecule has 0 saturated carbocycles. The molecule has 3 nitrogen and oxygen atoms in total. The van der Waals surface area contributed by atoms with Crippen molar-refractivity contribution in [3.05, 3.63) is 59.1 Å². The van der Waals surface area contributed by atoms with Gasteiger partial charge in [0.2, 0.25) is 0 Å². The number of para-hydroxylation sites is 1. The van der Waals surface area contributed by atoms with E-state index in [9.17, 15) is 0 Å². The molecule has 5 heteroatoms. The molecule has 0 aromatic heterocycles. The fourth-order valence-electron chi connectivity index (χ4n) is 3.29. The molecule has 0 radical (unpaired) electrons. The lowest BCUT2D eigenvalue weighted by molar-refractivity contribution is 0.0256. The highest BCUT2D eigenvalue weighted by Gasteiger charge is 2.38. The predicted molar refractivity (Wildman–Crippen MR) is 109 cm³/mol. The minimum Gasteiger partial charge on any atom is -0.487 e. The van der Waals surface area contributed by atoms with Gasteiger partial charge in [0.25, 0.3) is 0 Å². The first-order valence-electron chi connectivity index (χ1n) is 8.66. The molecule has 0 bridgehead atoms. The van der Waals surface area contributed by atoms with Crippen molar-refractivity contribution in [2.75, 3.05) is 5.32 Å². The van der Waals surface area contributed by atoms with E-state index in [0.717, 1.165) is 36.3 Å². The van der Waals surface area contributed by atoms with E-state index in [1.54, 1.807) is 0 Å². The summed E-state index contributed by atoms with van der Waals surface area (Å²) >= 11 is 11.5. The Kier molecular flexibility index (Phi) is 5.50. The third-order valence-corrected chi connectivity index (χ3v) is 5.37. The highest BCUT2D eigenvalue weighted by Crippen LogP contribution is 2.42. The summed E-state index contributed by atoms with van der Waals surface area (Å²) in [7, 11) is 0. The van der Waals surface area contributed by atoms with Crippen LogP contribution in [0.25, 0.3) is 0 Å². The number of rotatable bonds is 4. The van der Waals surface area contributed by atoms with Crippen LogP contribution in [0.5, 0.6) is 5.75 Å². The van der Waals surface area contributed by atoms with E-state index < -0.39 is 0 Å². The molecule has 1 atom stereocenters. The molecular formula is C20H23ClN2OS. The zero-order chi connectivity index (χ0) is 17.9. The smallest absolute Gasteiger partial charge is 0.171 e. The number of benzene rings is 2. The fraction of sp³-hybridized carbons (Fsp3) is 0.350. The number of hydrogen-bond donors (Lipinski definition) is 2. The molecule has 0 unspecified atom stereocenters. The number of hydrogen-bond acceptors (Lipinski definition) is 2. The van der Waals surface area contributed by atoms with Gasteiger partial charge in [-0.3, -0.25) is 0 Å². The molecule has 0 fully saturated rings. The van der Waals surface area contributed by atoms with Gasteiger partial charge in [-0.15, -0.1) is 0 Å². The summed E-state index contributed by atoms with van der Waals surface area (Å²) < 4.78 is 6.34. The summed E-state index contributed by atoms with van der Waals surface area (Å²) in [6.07, 6.45) is 2.82. The Balaban J connectivity index is 1.78. The predicted octanol–water partition coefficient (Wildman–Crippen LogP) is 5.71. The molecule has 1 heterocycles. The van der Waals surface area contributed by atoms with Crippen molar-refractivity contribution >= 4 is 34.6 Å². The summed E-state index contributed by atoms with van der Waals surface area (Å²) in [5.74, 6) is 0.948. The number of ether oxygens (including phenoxy) is 1. The van der Waals surface area contributed by atoms with E-state index in [4.69, 9.17) is 28.6 Å². The van der Waals surface area contributed by atoms with Crippen LogP contribution in [0.4, 0.5) is 5.69 Å². The Hall–Kier alpha value is -1.78. The van der Waals surface area contributed by atoms with Gasteiger partial charge in [-0.05, 0) is 55.4 Å². The molecule has 0 amide bonds. The first-order valence-corrected chi connectivity index (χ1v) is 9.45.